The van der Waals surface area contributed by atoms with Gasteiger partial charge in [-0.25, -0.2) is 0 Å². The smallest absolute Gasteiger partial charge is 0.254 e. The highest BCUT2D eigenvalue weighted by molar-refractivity contribution is 9.10. The van der Waals surface area contributed by atoms with Gasteiger partial charge in [-0.2, -0.15) is 0 Å². The first-order valence-corrected chi connectivity index (χ1v) is 7.83. The summed E-state index contributed by atoms with van der Waals surface area (Å²) in [7, 11) is 1.51. The van der Waals surface area contributed by atoms with E-state index in [-0.39, 0.29) is 6.61 Å². The number of aldehydes is 1. The molecule has 122 valence electrons. The van der Waals surface area contributed by atoms with Crippen molar-refractivity contribution >= 4 is 22.2 Å². The fourth-order valence-electron chi connectivity index (χ4n) is 2.04. The zero-order valence-electron chi connectivity index (χ0n) is 12.7. The van der Waals surface area contributed by atoms with E-state index >= 15 is 0 Å². The van der Waals surface area contributed by atoms with Gasteiger partial charge in [0.2, 0.25) is 5.89 Å². The molecule has 2 aromatic carbocycles. The van der Waals surface area contributed by atoms with Crippen LogP contribution < -0.4 is 9.47 Å². The minimum atomic E-state index is 0.0975. The van der Waals surface area contributed by atoms with E-state index < -0.39 is 0 Å². The predicted octanol–water partition coefficient (Wildman–Crippen LogP) is 3.90. The van der Waals surface area contributed by atoms with Crippen LogP contribution in [0.25, 0.3) is 11.5 Å². The SMILES string of the molecule is COc1cc(C=O)ccc1OCc1nnc(-c2ccc(Br)cc2)o1. The van der Waals surface area contributed by atoms with Crippen molar-refractivity contribution in [2.24, 2.45) is 0 Å². The number of carbonyl (C=O) groups excluding carboxylic acids is 1. The average molecular weight is 389 g/mol. The number of ether oxygens (including phenoxy) is 2. The van der Waals surface area contributed by atoms with Gasteiger partial charge in [0, 0.05) is 15.6 Å². The summed E-state index contributed by atoms with van der Waals surface area (Å²) in [5.41, 5.74) is 1.33. The fraction of sp³-hybridized carbons (Fsp3) is 0.118. The van der Waals surface area contributed by atoms with Crippen LogP contribution >= 0.6 is 15.9 Å². The lowest BCUT2D eigenvalue weighted by Gasteiger charge is -2.09. The zero-order chi connectivity index (χ0) is 16.9. The Morgan fingerprint density at radius 3 is 2.62 bits per heavy atom. The third-order valence-corrected chi connectivity index (χ3v) is 3.76. The van der Waals surface area contributed by atoms with Crippen molar-refractivity contribution in [2.45, 2.75) is 6.61 Å². The Morgan fingerprint density at radius 2 is 1.92 bits per heavy atom. The molecule has 0 spiro atoms. The van der Waals surface area contributed by atoms with E-state index in [1.54, 1.807) is 18.2 Å². The zero-order valence-corrected chi connectivity index (χ0v) is 14.3. The van der Waals surface area contributed by atoms with Gasteiger partial charge in [-0.15, -0.1) is 10.2 Å². The summed E-state index contributed by atoms with van der Waals surface area (Å²) in [6.45, 7) is 0.0975. The second-order valence-electron chi connectivity index (χ2n) is 4.82. The van der Waals surface area contributed by atoms with E-state index in [2.05, 4.69) is 26.1 Å². The van der Waals surface area contributed by atoms with Crippen molar-refractivity contribution < 1.29 is 18.7 Å². The van der Waals surface area contributed by atoms with E-state index in [0.717, 1.165) is 16.3 Å². The predicted molar refractivity (Wildman–Crippen MR) is 90.1 cm³/mol. The van der Waals surface area contributed by atoms with Gasteiger partial charge in [0.05, 0.1) is 7.11 Å². The van der Waals surface area contributed by atoms with Gasteiger partial charge in [-0.3, -0.25) is 4.79 Å². The number of methoxy groups -OCH3 is 1. The first-order valence-electron chi connectivity index (χ1n) is 7.04. The van der Waals surface area contributed by atoms with Crippen LogP contribution in [0.4, 0.5) is 0 Å². The highest BCUT2D eigenvalue weighted by Gasteiger charge is 2.11. The molecule has 0 saturated carbocycles. The normalized spacial score (nSPS) is 10.4. The number of halogens is 1. The molecule has 0 radical (unpaired) electrons. The Labute approximate surface area is 146 Å². The molecule has 0 N–H and O–H groups in total. The lowest BCUT2D eigenvalue weighted by Crippen LogP contribution is -1.98. The molecular weight excluding hydrogens is 376 g/mol. The van der Waals surface area contributed by atoms with Crippen molar-refractivity contribution in [3.63, 3.8) is 0 Å². The van der Waals surface area contributed by atoms with Gasteiger partial charge >= 0.3 is 0 Å². The van der Waals surface area contributed by atoms with Crippen molar-refractivity contribution in [1.29, 1.82) is 0 Å². The Hall–Kier alpha value is -2.67. The van der Waals surface area contributed by atoms with Crippen molar-refractivity contribution in [2.75, 3.05) is 7.11 Å². The molecule has 0 fully saturated rings. The van der Waals surface area contributed by atoms with E-state index in [9.17, 15) is 4.79 Å². The Bertz CT molecular complexity index is 846. The summed E-state index contributed by atoms with van der Waals surface area (Å²) in [6, 6.07) is 12.5. The quantitative estimate of drug-likeness (QED) is 0.596. The lowest BCUT2D eigenvalue weighted by atomic mass is 10.2. The van der Waals surface area contributed by atoms with Gasteiger partial charge < -0.3 is 13.9 Å². The highest BCUT2D eigenvalue weighted by atomic mass is 79.9. The number of nitrogens with zero attached hydrogens (tertiary/aromatic N) is 2. The molecule has 0 aliphatic carbocycles. The molecule has 0 unspecified atom stereocenters. The van der Waals surface area contributed by atoms with Crippen LogP contribution in [0.5, 0.6) is 11.5 Å². The van der Waals surface area contributed by atoms with Crippen LogP contribution in [0, 0.1) is 0 Å². The molecule has 0 atom stereocenters. The minimum Gasteiger partial charge on any atom is -0.493 e. The number of benzene rings is 2. The molecule has 0 amide bonds. The summed E-state index contributed by atoms with van der Waals surface area (Å²) in [5.74, 6) is 1.72. The summed E-state index contributed by atoms with van der Waals surface area (Å²) in [5, 5.41) is 7.98. The van der Waals surface area contributed by atoms with Crippen LogP contribution in [0.1, 0.15) is 16.2 Å². The summed E-state index contributed by atoms with van der Waals surface area (Å²) in [4.78, 5) is 10.8. The van der Waals surface area contributed by atoms with Crippen LogP contribution in [0.15, 0.2) is 51.4 Å². The monoisotopic (exact) mass is 388 g/mol. The number of carbonyl (C=O) groups is 1. The van der Waals surface area contributed by atoms with Crippen molar-refractivity contribution in [3.8, 4) is 23.0 Å². The fourth-order valence-corrected chi connectivity index (χ4v) is 2.30. The van der Waals surface area contributed by atoms with Gasteiger partial charge in [0.15, 0.2) is 18.1 Å². The summed E-state index contributed by atoms with van der Waals surface area (Å²) < 4.78 is 17.4. The van der Waals surface area contributed by atoms with E-state index in [1.165, 1.54) is 7.11 Å². The molecular formula is C17H13BrN2O4. The first-order chi connectivity index (χ1) is 11.7. The number of hydrogen-bond acceptors (Lipinski definition) is 6. The largest absolute Gasteiger partial charge is 0.493 e. The molecule has 0 aliphatic heterocycles. The van der Waals surface area contributed by atoms with E-state index in [4.69, 9.17) is 13.9 Å². The maximum atomic E-state index is 10.8. The van der Waals surface area contributed by atoms with Gasteiger partial charge in [-0.05, 0) is 42.5 Å². The highest BCUT2D eigenvalue weighted by Crippen LogP contribution is 2.28. The number of hydrogen-bond donors (Lipinski definition) is 0. The molecule has 0 bridgehead atoms. The molecule has 3 aromatic rings. The van der Waals surface area contributed by atoms with Crippen LogP contribution in [0.3, 0.4) is 0 Å². The van der Waals surface area contributed by atoms with Crippen LogP contribution in [-0.2, 0) is 6.61 Å². The van der Waals surface area contributed by atoms with Crippen LogP contribution in [-0.4, -0.2) is 23.6 Å². The molecule has 1 aromatic heterocycles. The first kappa shape index (κ1) is 16.2. The summed E-state index contributed by atoms with van der Waals surface area (Å²) in [6.07, 6.45) is 0.745. The molecule has 3 rings (SSSR count). The molecule has 24 heavy (non-hydrogen) atoms. The second-order valence-corrected chi connectivity index (χ2v) is 5.74. The van der Waals surface area contributed by atoms with Gasteiger partial charge in [-0.1, -0.05) is 15.9 Å². The molecule has 0 saturated heterocycles. The van der Waals surface area contributed by atoms with Crippen molar-refractivity contribution in [1.82, 2.24) is 10.2 Å². The summed E-state index contributed by atoms with van der Waals surface area (Å²) >= 11 is 3.38. The standard InChI is InChI=1S/C17H13BrN2O4/c1-22-15-8-11(9-21)2-7-14(15)23-10-16-19-20-17(24-16)12-3-5-13(18)6-4-12/h2-9H,10H2,1H3. The van der Waals surface area contributed by atoms with Crippen molar-refractivity contribution in [3.05, 3.63) is 58.4 Å². The third-order valence-electron chi connectivity index (χ3n) is 3.23. The Kier molecular flexibility index (Phi) is 4.90. The second kappa shape index (κ2) is 7.27. The lowest BCUT2D eigenvalue weighted by molar-refractivity contribution is 0.112. The topological polar surface area (TPSA) is 74.5 Å². The Morgan fingerprint density at radius 1 is 1.12 bits per heavy atom. The number of aromatic nitrogens is 2. The number of rotatable bonds is 6. The third kappa shape index (κ3) is 3.62. The average Bonchev–Trinajstić information content (AvgIpc) is 3.09. The minimum absolute atomic E-state index is 0.0975. The maximum absolute atomic E-state index is 10.8. The maximum Gasteiger partial charge on any atom is 0.254 e. The molecule has 0 aliphatic rings. The molecule has 6 nitrogen and oxygen atoms in total. The molecule has 1 heterocycles. The molecule has 7 heteroatoms. The van der Waals surface area contributed by atoms with E-state index in [0.29, 0.717) is 28.8 Å². The Balaban J connectivity index is 1.71. The van der Waals surface area contributed by atoms with Gasteiger partial charge in [0.1, 0.15) is 6.29 Å². The van der Waals surface area contributed by atoms with Crippen LogP contribution in [0.2, 0.25) is 0 Å². The van der Waals surface area contributed by atoms with Gasteiger partial charge in [0.25, 0.3) is 5.89 Å². The van der Waals surface area contributed by atoms with E-state index in [1.807, 2.05) is 24.3 Å².